The molecule has 0 aliphatic heterocycles. The highest BCUT2D eigenvalue weighted by Gasteiger charge is 2.17. The first kappa shape index (κ1) is 15.9. The van der Waals surface area contributed by atoms with Gasteiger partial charge in [0.05, 0.1) is 18.6 Å². The van der Waals surface area contributed by atoms with Crippen LogP contribution in [0.2, 0.25) is 0 Å². The first-order chi connectivity index (χ1) is 9.51. The highest BCUT2D eigenvalue weighted by molar-refractivity contribution is 5.73. The Morgan fingerprint density at radius 2 is 2.20 bits per heavy atom. The van der Waals surface area contributed by atoms with Gasteiger partial charge in [0, 0.05) is 12.1 Å². The van der Waals surface area contributed by atoms with Crippen molar-refractivity contribution >= 4 is 5.97 Å². The van der Waals surface area contributed by atoms with Gasteiger partial charge in [-0.3, -0.25) is 4.79 Å². The van der Waals surface area contributed by atoms with E-state index in [1.54, 1.807) is 13.0 Å². The molecule has 1 aromatic rings. The molecule has 0 radical (unpaired) electrons. The van der Waals surface area contributed by atoms with Crippen molar-refractivity contribution in [3.8, 4) is 11.8 Å². The second-order valence-electron chi connectivity index (χ2n) is 3.81. The molecule has 1 aromatic carbocycles. The van der Waals surface area contributed by atoms with Crippen molar-refractivity contribution in [2.75, 3.05) is 6.61 Å². The van der Waals surface area contributed by atoms with Crippen LogP contribution in [0.5, 0.6) is 5.75 Å². The van der Waals surface area contributed by atoms with Crippen LogP contribution in [0.1, 0.15) is 23.6 Å². The predicted octanol–water partition coefficient (Wildman–Crippen LogP) is 1.72. The molecule has 2 N–H and O–H groups in total. The minimum Gasteiger partial charge on any atom is -0.466 e. The molecular weight excluding hydrogens is 270 g/mol. The number of rotatable bonds is 6. The van der Waals surface area contributed by atoms with Crippen LogP contribution in [-0.4, -0.2) is 19.2 Å². The number of esters is 1. The number of hydrogen-bond donors (Lipinski definition) is 1. The molecule has 20 heavy (non-hydrogen) atoms. The second kappa shape index (κ2) is 7.40. The summed E-state index contributed by atoms with van der Waals surface area (Å²) in [5, 5.41) is 8.98. The number of nitriles is 1. The van der Waals surface area contributed by atoms with E-state index in [-0.39, 0.29) is 36.4 Å². The molecule has 7 heteroatoms. The Kier molecular flexibility index (Phi) is 5.87. The number of halogens is 2. The van der Waals surface area contributed by atoms with E-state index in [1.807, 2.05) is 0 Å². The van der Waals surface area contributed by atoms with E-state index < -0.39 is 12.6 Å². The Balaban J connectivity index is 3.12. The summed E-state index contributed by atoms with van der Waals surface area (Å²) in [6.45, 7) is -1.24. The summed E-state index contributed by atoms with van der Waals surface area (Å²) in [6, 6.07) is 4.52. The van der Waals surface area contributed by atoms with Crippen molar-refractivity contribution in [3.05, 3.63) is 28.8 Å². The zero-order valence-electron chi connectivity index (χ0n) is 10.9. The smallest absolute Gasteiger partial charge is 0.387 e. The van der Waals surface area contributed by atoms with Crippen LogP contribution in [0.4, 0.5) is 8.78 Å². The lowest BCUT2D eigenvalue weighted by Gasteiger charge is -2.13. The van der Waals surface area contributed by atoms with Gasteiger partial charge in [-0.15, -0.1) is 0 Å². The highest BCUT2D eigenvalue weighted by Crippen LogP contribution is 2.27. The molecule has 0 aliphatic carbocycles. The van der Waals surface area contributed by atoms with Crippen LogP contribution in [-0.2, 0) is 22.5 Å². The maximum absolute atomic E-state index is 12.3. The summed E-state index contributed by atoms with van der Waals surface area (Å²) in [7, 11) is 0. The van der Waals surface area contributed by atoms with E-state index in [1.165, 1.54) is 12.1 Å². The fraction of sp³-hybridized carbons (Fsp3) is 0.385. The molecule has 0 spiro atoms. The van der Waals surface area contributed by atoms with E-state index in [0.29, 0.717) is 5.56 Å². The van der Waals surface area contributed by atoms with Gasteiger partial charge >= 0.3 is 12.6 Å². The van der Waals surface area contributed by atoms with E-state index in [9.17, 15) is 13.6 Å². The summed E-state index contributed by atoms with van der Waals surface area (Å²) >= 11 is 0. The summed E-state index contributed by atoms with van der Waals surface area (Å²) in [5.74, 6) is -0.723. The first-order valence-corrected chi connectivity index (χ1v) is 5.88. The number of carbonyl (C=O) groups excluding carboxylic acids is 1. The van der Waals surface area contributed by atoms with E-state index >= 15 is 0 Å². The largest absolute Gasteiger partial charge is 0.466 e. The van der Waals surface area contributed by atoms with Gasteiger partial charge in [0.1, 0.15) is 11.8 Å². The number of benzene rings is 1. The summed E-state index contributed by atoms with van der Waals surface area (Å²) < 4.78 is 33.7. The van der Waals surface area contributed by atoms with Gasteiger partial charge in [0.2, 0.25) is 0 Å². The minimum atomic E-state index is -3.05. The Bertz CT molecular complexity index is 527. The fourth-order valence-corrected chi connectivity index (χ4v) is 1.70. The average Bonchev–Trinajstić information content (AvgIpc) is 2.39. The van der Waals surface area contributed by atoms with E-state index in [2.05, 4.69) is 4.74 Å². The van der Waals surface area contributed by atoms with E-state index in [0.717, 1.165) is 0 Å². The molecule has 108 valence electrons. The zero-order chi connectivity index (χ0) is 15.1. The van der Waals surface area contributed by atoms with Crippen molar-refractivity contribution in [3.63, 3.8) is 0 Å². The SMILES string of the molecule is CCOC(=O)Cc1cc(C#N)c(OC(F)F)c(CN)c1. The number of alkyl halides is 2. The van der Waals surface area contributed by atoms with Crippen molar-refractivity contribution in [2.24, 2.45) is 5.73 Å². The zero-order valence-corrected chi connectivity index (χ0v) is 10.9. The molecule has 0 saturated heterocycles. The Morgan fingerprint density at radius 3 is 2.70 bits per heavy atom. The molecule has 1 rings (SSSR count). The Hall–Kier alpha value is -2.20. The second-order valence-corrected chi connectivity index (χ2v) is 3.81. The van der Waals surface area contributed by atoms with Gasteiger partial charge in [-0.25, -0.2) is 0 Å². The molecule has 0 bridgehead atoms. The number of nitrogens with two attached hydrogens (primary N) is 1. The fourth-order valence-electron chi connectivity index (χ4n) is 1.70. The highest BCUT2D eigenvalue weighted by atomic mass is 19.3. The third-order valence-corrected chi connectivity index (χ3v) is 2.43. The molecule has 0 aromatic heterocycles. The van der Waals surface area contributed by atoms with Crippen LogP contribution < -0.4 is 10.5 Å². The molecule has 0 amide bonds. The maximum atomic E-state index is 12.3. The molecular formula is C13H14F2N2O3. The Morgan fingerprint density at radius 1 is 1.50 bits per heavy atom. The van der Waals surface area contributed by atoms with E-state index in [4.69, 9.17) is 15.7 Å². The monoisotopic (exact) mass is 284 g/mol. The molecule has 0 fully saturated rings. The lowest BCUT2D eigenvalue weighted by Crippen LogP contribution is -2.12. The lowest BCUT2D eigenvalue weighted by molar-refractivity contribution is -0.142. The molecule has 0 aliphatic rings. The maximum Gasteiger partial charge on any atom is 0.387 e. The normalized spacial score (nSPS) is 10.2. The standard InChI is InChI=1S/C13H14F2N2O3/c1-2-19-11(18)5-8-3-9(6-16)12(20-13(14)15)10(4-8)7-17/h3-4,13H,2,5-6,16H2,1H3. The van der Waals surface area contributed by atoms with Gasteiger partial charge in [0.25, 0.3) is 0 Å². The average molecular weight is 284 g/mol. The third kappa shape index (κ3) is 4.17. The topological polar surface area (TPSA) is 85.3 Å². The number of carbonyl (C=O) groups is 1. The number of ether oxygens (including phenoxy) is 2. The summed E-state index contributed by atoms with van der Waals surface area (Å²) in [5.41, 5.74) is 6.07. The van der Waals surface area contributed by atoms with Crippen LogP contribution in [0, 0.1) is 11.3 Å². The summed E-state index contributed by atoms with van der Waals surface area (Å²) in [6.07, 6.45) is -0.0650. The molecule has 0 heterocycles. The van der Waals surface area contributed by atoms with Crippen LogP contribution >= 0.6 is 0 Å². The third-order valence-electron chi connectivity index (χ3n) is 2.43. The van der Waals surface area contributed by atoms with Gasteiger partial charge in [-0.05, 0) is 18.6 Å². The van der Waals surface area contributed by atoms with Crippen LogP contribution in [0.3, 0.4) is 0 Å². The quantitative estimate of drug-likeness (QED) is 0.804. The lowest BCUT2D eigenvalue weighted by atomic mass is 10.0. The first-order valence-electron chi connectivity index (χ1n) is 5.88. The van der Waals surface area contributed by atoms with Gasteiger partial charge in [-0.2, -0.15) is 14.0 Å². The van der Waals surface area contributed by atoms with Gasteiger partial charge < -0.3 is 15.2 Å². The van der Waals surface area contributed by atoms with Crippen molar-refractivity contribution in [1.82, 2.24) is 0 Å². The summed E-state index contributed by atoms with van der Waals surface area (Å²) in [4.78, 5) is 11.4. The van der Waals surface area contributed by atoms with Gasteiger partial charge in [0.15, 0.2) is 0 Å². The molecule has 0 atom stereocenters. The minimum absolute atomic E-state index is 0.0650. The van der Waals surface area contributed by atoms with Crippen LogP contribution in [0.25, 0.3) is 0 Å². The predicted molar refractivity (Wildman–Crippen MR) is 66.0 cm³/mol. The van der Waals surface area contributed by atoms with Crippen molar-refractivity contribution < 1.29 is 23.0 Å². The van der Waals surface area contributed by atoms with Crippen molar-refractivity contribution in [1.29, 1.82) is 5.26 Å². The number of nitrogens with zero attached hydrogens (tertiary/aromatic N) is 1. The molecule has 5 nitrogen and oxygen atoms in total. The number of hydrogen-bond acceptors (Lipinski definition) is 5. The molecule has 0 unspecified atom stereocenters. The van der Waals surface area contributed by atoms with Gasteiger partial charge in [-0.1, -0.05) is 6.07 Å². The van der Waals surface area contributed by atoms with Crippen molar-refractivity contribution in [2.45, 2.75) is 26.5 Å². The Labute approximate surface area is 114 Å². The molecule has 0 saturated carbocycles. The van der Waals surface area contributed by atoms with Crippen LogP contribution in [0.15, 0.2) is 12.1 Å².